The number of halogens is 1. The van der Waals surface area contributed by atoms with Crippen LogP contribution in [-0.4, -0.2) is 30.9 Å². The van der Waals surface area contributed by atoms with Crippen molar-refractivity contribution in [3.63, 3.8) is 0 Å². The number of carbonyl (C=O) groups excluding carboxylic acids is 3. The number of amides is 4. The number of rotatable bonds is 8. The summed E-state index contributed by atoms with van der Waals surface area (Å²) in [4.78, 5) is 35.7. The molecule has 0 aliphatic heterocycles. The lowest BCUT2D eigenvalue weighted by Gasteiger charge is -2.10. The molecule has 0 atom stereocenters. The van der Waals surface area contributed by atoms with Gasteiger partial charge in [0.25, 0.3) is 5.91 Å². The van der Waals surface area contributed by atoms with Gasteiger partial charge in [0.1, 0.15) is 5.82 Å². The molecule has 0 saturated carbocycles. The summed E-state index contributed by atoms with van der Waals surface area (Å²) in [5.74, 6) is -0.990. The van der Waals surface area contributed by atoms with Crippen molar-refractivity contribution < 1.29 is 18.8 Å². The second-order valence-corrected chi connectivity index (χ2v) is 6.05. The summed E-state index contributed by atoms with van der Waals surface area (Å²) in [6.45, 7) is 2.51. The molecule has 0 bridgehead atoms. The van der Waals surface area contributed by atoms with E-state index in [4.69, 9.17) is 0 Å². The second-order valence-electron chi connectivity index (χ2n) is 6.05. The first-order valence-corrected chi connectivity index (χ1v) is 8.92. The van der Waals surface area contributed by atoms with E-state index in [1.54, 1.807) is 36.4 Å². The van der Waals surface area contributed by atoms with E-state index < -0.39 is 11.9 Å². The van der Waals surface area contributed by atoms with Gasteiger partial charge in [-0.2, -0.15) is 0 Å². The minimum atomic E-state index is -0.521. The van der Waals surface area contributed by atoms with E-state index in [0.29, 0.717) is 17.8 Å². The molecule has 2 aromatic rings. The van der Waals surface area contributed by atoms with E-state index >= 15 is 0 Å². The van der Waals surface area contributed by atoms with Crippen molar-refractivity contribution in [3.8, 4) is 0 Å². The number of hydrogen-bond acceptors (Lipinski definition) is 3. The maximum Gasteiger partial charge on any atom is 0.315 e. The fourth-order valence-corrected chi connectivity index (χ4v) is 2.29. The zero-order valence-electron chi connectivity index (χ0n) is 15.5. The normalized spacial score (nSPS) is 10.1. The van der Waals surface area contributed by atoms with Crippen LogP contribution >= 0.6 is 0 Å². The Morgan fingerprint density at radius 3 is 2.43 bits per heavy atom. The number of urea groups is 1. The number of hydrogen-bond donors (Lipinski definition) is 4. The molecule has 28 heavy (non-hydrogen) atoms. The van der Waals surface area contributed by atoms with Gasteiger partial charge in [-0.3, -0.25) is 9.59 Å². The number of benzene rings is 2. The summed E-state index contributed by atoms with van der Waals surface area (Å²) in [5.41, 5.74) is 1.64. The topological polar surface area (TPSA) is 99.3 Å². The van der Waals surface area contributed by atoms with Crippen molar-refractivity contribution in [3.05, 3.63) is 65.5 Å². The molecule has 2 rings (SSSR count). The quantitative estimate of drug-likeness (QED) is 0.561. The molecule has 0 aliphatic rings. The van der Waals surface area contributed by atoms with Gasteiger partial charge < -0.3 is 21.3 Å². The Bertz CT molecular complexity index is 824. The zero-order chi connectivity index (χ0) is 20.4. The molecule has 4 amide bonds. The molecule has 2 aromatic carbocycles. The number of nitrogens with one attached hydrogen (secondary N) is 4. The second kappa shape index (κ2) is 10.7. The van der Waals surface area contributed by atoms with Crippen LogP contribution in [-0.2, 0) is 11.3 Å². The summed E-state index contributed by atoms with van der Waals surface area (Å²) >= 11 is 0. The predicted octanol–water partition coefficient (Wildman–Crippen LogP) is 2.40. The first-order chi connectivity index (χ1) is 13.5. The molecule has 0 spiro atoms. The van der Waals surface area contributed by atoms with Crippen molar-refractivity contribution in [2.24, 2.45) is 0 Å². The first kappa shape index (κ1) is 20.9. The van der Waals surface area contributed by atoms with E-state index in [1.165, 1.54) is 12.1 Å². The van der Waals surface area contributed by atoms with E-state index in [-0.39, 0.29) is 24.8 Å². The lowest BCUT2D eigenvalue weighted by molar-refractivity contribution is -0.115. The molecule has 8 heteroatoms. The maximum absolute atomic E-state index is 12.8. The standard InChI is InChI=1S/C20H23FN4O3/c1-2-10-22-19(27)15-4-3-5-17(11-15)25-18(26)13-24-20(28)23-12-14-6-8-16(21)9-7-14/h3-9,11H,2,10,12-13H2,1H3,(H,22,27)(H,25,26)(H2,23,24,28). The molecule has 0 saturated heterocycles. The molecule has 0 radical (unpaired) electrons. The first-order valence-electron chi connectivity index (χ1n) is 8.92. The van der Waals surface area contributed by atoms with Crippen molar-refractivity contribution in [1.29, 1.82) is 0 Å². The van der Waals surface area contributed by atoms with Crippen LogP contribution in [0.3, 0.4) is 0 Å². The Balaban J connectivity index is 1.76. The molecular formula is C20H23FN4O3. The van der Waals surface area contributed by atoms with Gasteiger partial charge in [-0.1, -0.05) is 25.1 Å². The minimum Gasteiger partial charge on any atom is -0.352 e. The van der Waals surface area contributed by atoms with Crippen molar-refractivity contribution in [2.45, 2.75) is 19.9 Å². The predicted molar refractivity (Wildman–Crippen MR) is 104 cm³/mol. The Kier molecular flexibility index (Phi) is 7.95. The van der Waals surface area contributed by atoms with Gasteiger partial charge in [-0.25, -0.2) is 9.18 Å². The molecule has 0 aromatic heterocycles. The molecule has 4 N–H and O–H groups in total. The van der Waals surface area contributed by atoms with E-state index in [2.05, 4.69) is 21.3 Å². The molecule has 148 valence electrons. The molecular weight excluding hydrogens is 363 g/mol. The molecule has 7 nitrogen and oxygen atoms in total. The van der Waals surface area contributed by atoms with Crippen LogP contribution in [0.5, 0.6) is 0 Å². The summed E-state index contributed by atoms with van der Waals surface area (Å²) in [5, 5.41) is 10.4. The highest BCUT2D eigenvalue weighted by Crippen LogP contribution is 2.10. The monoisotopic (exact) mass is 386 g/mol. The van der Waals surface area contributed by atoms with Crippen molar-refractivity contribution in [2.75, 3.05) is 18.4 Å². The smallest absolute Gasteiger partial charge is 0.315 e. The van der Waals surface area contributed by atoms with Gasteiger partial charge in [0.05, 0.1) is 6.54 Å². The lowest BCUT2D eigenvalue weighted by Crippen LogP contribution is -2.39. The van der Waals surface area contributed by atoms with Crippen LogP contribution in [0.25, 0.3) is 0 Å². The third-order valence-electron chi connectivity index (χ3n) is 3.72. The van der Waals surface area contributed by atoms with E-state index in [9.17, 15) is 18.8 Å². The molecule has 0 aliphatic carbocycles. The van der Waals surface area contributed by atoms with E-state index in [0.717, 1.165) is 12.0 Å². The van der Waals surface area contributed by atoms with Crippen molar-refractivity contribution in [1.82, 2.24) is 16.0 Å². The van der Waals surface area contributed by atoms with Crippen molar-refractivity contribution >= 4 is 23.5 Å². The molecule has 0 heterocycles. The van der Waals surface area contributed by atoms with Gasteiger partial charge in [0, 0.05) is 24.3 Å². The van der Waals surface area contributed by atoms with Gasteiger partial charge in [0.15, 0.2) is 0 Å². The zero-order valence-corrected chi connectivity index (χ0v) is 15.5. The van der Waals surface area contributed by atoms with Crippen LogP contribution < -0.4 is 21.3 Å². The molecule has 0 unspecified atom stereocenters. The maximum atomic E-state index is 12.8. The highest BCUT2D eigenvalue weighted by Gasteiger charge is 2.09. The summed E-state index contributed by atoms with van der Waals surface area (Å²) in [6, 6.07) is 11.8. The van der Waals surface area contributed by atoms with Crippen LogP contribution in [0.1, 0.15) is 29.3 Å². The third kappa shape index (κ3) is 7.06. The Morgan fingerprint density at radius 2 is 1.71 bits per heavy atom. The van der Waals surface area contributed by atoms with Crippen LogP contribution in [0.4, 0.5) is 14.9 Å². The fraction of sp³-hybridized carbons (Fsp3) is 0.250. The third-order valence-corrected chi connectivity index (χ3v) is 3.72. The summed E-state index contributed by atoms with van der Waals surface area (Å²) in [7, 11) is 0. The minimum absolute atomic E-state index is 0.211. The molecule has 0 fully saturated rings. The Labute approximate surface area is 162 Å². The van der Waals surface area contributed by atoms with Gasteiger partial charge in [-0.05, 0) is 42.3 Å². The van der Waals surface area contributed by atoms with Crippen LogP contribution in [0.2, 0.25) is 0 Å². The summed E-state index contributed by atoms with van der Waals surface area (Å²) in [6.07, 6.45) is 0.830. The highest BCUT2D eigenvalue weighted by molar-refractivity contribution is 5.98. The van der Waals surface area contributed by atoms with E-state index in [1.807, 2.05) is 6.92 Å². The van der Waals surface area contributed by atoms with Gasteiger partial charge in [-0.15, -0.1) is 0 Å². The Morgan fingerprint density at radius 1 is 0.964 bits per heavy atom. The average molecular weight is 386 g/mol. The fourth-order valence-electron chi connectivity index (χ4n) is 2.29. The lowest BCUT2D eigenvalue weighted by atomic mass is 10.2. The van der Waals surface area contributed by atoms with Crippen LogP contribution in [0.15, 0.2) is 48.5 Å². The van der Waals surface area contributed by atoms with Gasteiger partial charge >= 0.3 is 6.03 Å². The van der Waals surface area contributed by atoms with Gasteiger partial charge in [0.2, 0.25) is 5.91 Å². The highest BCUT2D eigenvalue weighted by atomic mass is 19.1. The van der Waals surface area contributed by atoms with Crippen LogP contribution in [0, 0.1) is 5.82 Å². The summed E-state index contributed by atoms with van der Waals surface area (Å²) < 4.78 is 12.8. The largest absolute Gasteiger partial charge is 0.352 e. The SMILES string of the molecule is CCCNC(=O)c1cccc(NC(=O)CNC(=O)NCc2ccc(F)cc2)c1. The number of anilines is 1. The average Bonchev–Trinajstić information content (AvgIpc) is 2.70. The Hall–Kier alpha value is -3.42. The number of carbonyl (C=O) groups is 3.